The van der Waals surface area contributed by atoms with Crippen molar-refractivity contribution in [2.75, 3.05) is 11.4 Å². The summed E-state index contributed by atoms with van der Waals surface area (Å²) >= 11 is 0. The average Bonchev–Trinajstić information content (AvgIpc) is 2.35. The Morgan fingerprint density at radius 1 is 1.21 bits per heavy atom. The molecule has 0 heterocycles. The minimum Gasteiger partial charge on any atom is -0.364 e. The van der Waals surface area contributed by atoms with Crippen LogP contribution in [0.3, 0.4) is 0 Å². The summed E-state index contributed by atoms with van der Waals surface area (Å²) in [6.45, 7) is 6.51. The second-order valence-electron chi connectivity index (χ2n) is 4.89. The number of nitriles is 1. The molecule has 1 aromatic rings. The number of benzene rings is 1. The molecule has 0 atom stereocenters. The minimum atomic E-state index is -0.665. The molecule has 2 nitrogen and oxygen atoms in total. The Labute approximate surface area is 113 Å². The Balaban J connectivity index is 3.06. The van der Waals surface area contributed by atoms with E-state index in [0.29, 0.717) is 6.54 Å². The van der Waals surface area contributed by atoms with Crippen molar-refractivity contribution in [1.29, 1.82) is 5.26 Å². The number of hydrogen-bond acceptors (Lipinski definition) is 2. The van der Waals surface area contributed by atoms with E-state index in [1.807, 2.05) is 13.8 Å². The summed E-state index contributed by atoms with van der Waals surface area (Å²) in [5, 5.41) is 8.70. The van der Waals surface area contributed by atoms with Crippen LogP contribution in [0, 0.1) is 23.0 Å². The van der Waals surface area contributed by atoms with Crippen LogP contribution in [0.15, 0.2) is 12.1 Å². The Morgan fingerprint density at radius 3 is 2.21 bits per heavy atom. The number of halogens is 2. The average molecular weight is 266 g/mol. The summed E-state index contributed by atoms with van der Waals surface area (Å²) in [5.74, 6) is -1.33. The second-order valence-corrected chi connectivity index (χ2v) is 4.89. The zero-order valence-corrected chi connectivity index (χ0v) is 11.7. The van der Waals surface area contributed by atoms with Crippen LogP contribution in [-0.4, -0.2) is 12.6 Å². The lowest BCUT2D eigenvalue weighted by Crippen LogP contribution is -2.33. The molecule has 0 unspecified atom stereocenters. The van der Waals surface area contributed by atoms with E-state index < -0.39 is 11.6 Å². The Bertz CT molecular complexity index is 441. The third-order valence-corrected chi connectivity index (χ3v) is 3.06. The van der Waals surface area contributed by atoms with Crippen molar-refractivity contribution >= 4 is 5.69 Å². The summed E-state index contributed by atoms with van der Waals surface area (Å²) in [6.07, 6.45) is 2.99. The molecular weight excluding hydrogens is 246 g/mol. The van der Waals surface area contributed by atoms with Gasteiger partial charge in [-0.3, -0.25) is 0 Å². The van der Waals surface area contributed by atoms with Crippen LogP contribution in [0.2, 0.25) is 0 Å². The smallest absolute Gasteiger partial charge is 0.150 e. The van der Waals surface area contributed by atoms with Gasteiger partial charge in [-0.2, -0.15) is 5.26 Å². The Morgan fingerprint density at radius 2 is 1.79 bits per heavy atom. The third-order valence-electron chi connectivity index (χ3n) is 3.06. The van der Waals surface area contributed by atoms with E-state index in [1.54, 1.807) is 11.0 Å². The van der Waals surface area contributed by atoms with E-state index in [4.69, 9.17) is 5.26 Å². The van der Waals surface area contributed by atoms with E-state index in [0.717, 1.165) is 31.4 Å². The highest BCUT2D eigenvalue weighted by Gasteiger charge is 2.20. The van der Waals surface area contributed by atoms with Crippen molar-refractivity contribution < 1.29 is 8.78 Å². The molecule has 4 heteroatoms. The summed E-state index contributed by atoms with van der Waals surface area (Å²) in [4.78, 5) is 1.72. The molecule has 0 spiro atoms. The topological polar surface area (TPSA) is 27.0 Å². The molecule has 0 bridgehead atoms. The Hall–Kier alpha value is -1.63. The van der Waals surface area contributed by atoms with Crippen LogP contribution in [0.1, 0.15) is 45.6 Å². The lowest BCUT2D eigenvalue weighted by atomic mass is 10.1. The molecule has 0 radical (unpaired) electrons. The molecule has 1 rings (SSSR count). The van der Waals surface area contributed by atoms with E-state index in [9.17, 15) is 8.78 Å². The van der Waals surface area contributed by atoms with Gasteiger partial charge in [0.25, 0.3) is 0 Å². The summed E-state index contributed by atoms with van der Waals surface area (Å²) in [7, 11) is 0. The standard InChI is InChI=1S/C15H20F2N2/c1-4-5-6-7-19(11(2)3)15-13(16)8-12(10-18)9-14(15)17/h8-9,11H,4-7H2,1-3H3. The van der Waals surface area contributed by atoms with E-state index >= 15 is 0 Å². The molecule has 0 N–H and O–H groups in total. The van der Waals surface area contributed by atoms with Crippen molar-refractivity contribution in [3.63, 3.8) is 0 Å². The normalized spacial score (nSPS) is 10.6. The predicted octanol–water partition coefficient (Wildman–Crippen LogP) is 4.24. The number of rotatable bonds is 6. The van der Waals surface area contributed by atoms with E-state index in [1.165, 1.54) is 0 Å². The third kappa shape index (κ3) is 3.92. The molecule has 1 aromatic carbocycles. The fourth-order valence-corrected chi connectivity index (χ4v) is 2.06. The van der Waals surface area contributed by atoms with Crippen LogP contribution in [-0.2, 0) is 0 Å². The van der Waals surface area contributed by atoms with Crippen LogP contribution >= 0.6 is 0 Å². The van der Waals surface area contributed by atoms with Gasteiger partial charge in [-0.25, -0.2) is 8.78 Å². The molecule has 0 amide bonds. The minimum absolute atomic E-state index is 0.00814. The van der Waals surface area contributed by atoms with Crippen molar-refractivity contribution in [2.24, 2.45) is 0 Å². The van der Waals surface area contributed by atoms with Gasteiger partial charge in [-0.1, -0.05) is 19.8 Å². The molecule has 0 fully saturated rings. The monoisotopic (exact) mass is 266 g/mol. The molecule has 0 aliphatic rings. The lowest BCUT2D eigenvalue weighted by Gasteiger charge is -2.29. The molecule has 0 aliphatic heterocycles. The van der Waals surface area contributed by atoms with Gasteiger partial charge >= 0.3 is 0 Å². The van der Waals surface area contributed by atoms with Gasteiger partial charge in [-0.15, -0.1) is 0 Å². The lowest BCUT2D eigenvalue weighted by molar-refractivity contribution is 0.545. The number of unbranched alkanes of at least 4 members (excludes halogenated alkanes) is 2. The molecule has 19 heavy (non-hydrogen) atoms. The molecule has 0 saturated heterocycles. The maximum Gasteiger partial charge on any atom is 0.150 e. The molecule has 0 saturated carbocycles. The zero-order chi connectivity index (χ0) is 14.4. The highest BCUT2D eigenvalue weighted by molar-refractivity contribution is 5.53. The van der Waals surface area contributed by atoms with Gasteiger partial charge in [0.15, 0.2) is 11.6 Å². The zero-order valence-electron chi connectivity index (χ0n) is 11.7. The van der Waals surface area contributed by atoms with Gasteiger partial charge in [0.05, 0.1) is 11.6 Å². The summed E-state index contributed by atoms with van der Waals surface area (Å²) in [6, 6.07) is 3.95. The SMILES string of the molecule is CCCCCN(c1c(F)cc(C#N)cc1F)C(C)C. The van der Waals surface area contributed by atoms with E-state index in [-0.39, 0.29) is 17.3 Å². The van der Waals surface area contributed by atoms with Crippen molar-refractivity contribution in [2.45, 2.75) is 46.1 Å². The number of nitrogens with zero attached hydrogens (tertiary/aromatic N) is 2. The molecular formula is C15H20F2N2. The van der Waals surface area contributed by atoms with Crippen molar-refractivity contribution in [3.8, 4) is 6.07 Å². The molecule has 0 aliphatic carbocycles. The fraction of sp³-hybridized carbons (Fsp3) is 0.533. The van der Waals surface area contributed by atoms with Gasteiger partial charge in [0.2, 0.25) is 0 Å². The van der Waals surface area contributed by atoms with Gasteiger partial charge in [-0.05, 0) is 32.4 Å². The van der Waals surface area contributed by atoms with Gasteiger partial charge < -0.3 is 4.90 Å². The Kier molecular flexibility index (Phi) is 5.75. The van der Waals surface area contributed by atoms with Crippen molar-refractivity contribution in [1.82, 2.24) is 0 Å². The number of hydrogen-bond donors (Lipinski definition) is 0. The predicted molar refractivity (Wildman–Crippen MR) is 73.1 cm³/mol. The second kappa shape index (κ2) is 7.08. The van der Waals surface area contributed by atoms with Crippen LogP contribution in [0.25, 0.3) is 0 Å². The molecule has 0 aromatic heterocycles. The van der Waals surface area contributed by atoms with Gasteiger partial charge in [0.1, 0.15) is 5.69 Å². The number of anilines is 1. The maximum absolute atomic E-state index is 14.0. The highest BCUT2D eigenvalue weighted by atomic mass is 19.1. The quantitative estimate of drug-likeness (QED) is 0.720. The summed E-state index contributed by atoms with van der Waals surface area (Å²) < 4.78 is 28.0. The fourth-order valence-electron chi connectivity index (χ4n) is 2.06. The first-order valence-electron chi connectivity index (χ1n) is 6.67. The highest BCUT2D eigenvalue weighted by Crippen LogP contribution is 2.27. The van der Waals surface area contributed by atoms with Crippen molar-refractivity contribution in [3.05, 3.63) is 29.3 Å². The maximum atomic E-state index is 14.0. The first kappa shape index (κ1) is 15.4. The summed E-state index contributed by atoms with van der Waals surface area (Å²) in [5.41, 5.74) is -0.0129. The largest absolute Gasteiger partial charge is 0.364 e. The first-order chi connectivity index (χ1) is 9.01. The molecule has 104 valence electrons. The van der Waals surface area contributed by atoms with Gasteiger partial charge in [0, 0.05) is 12.6 Å². The first-order valence-corrected chi connectivity index (χ1v) is 6.67. The van der Waals surface area contributed by atoms with Crippen LogP contribution < -0.4 is 4.90 Å². The van der Waals surface area contributed by atoms with E-state index in [2.05, 4.69) is 6.92 Å². The van der Waals surface area contributed by atoms with Crippen LogP contribution in [0.5, 0.6) is 0 Å². The van der Waals surface area contributed by atoms with Crippen LogP contribution in [0.4, 0.5) is 14.5 Å².